The van der Waals surface area contributed by atoms with Gasteiger partial charge in [-0.15, -0.1) is 0 Å². The van der Waals surface area contributed by atoms with Crippen LogP contribution < -0.4 is 5.32 Å². The lowest BCUT2D eigenvalue weighted by Crippen LogP contribution is -2.40. The average Bonchev–Trinajstić information content (AvgIpc) is 3.26. The van der Waals surface area contributed by atoms with Crippen molar-refractivity contribution in [1.29, 1.82) is 0 Å². The molecule has 29 heavy (non-hydrogen) atoms. The average molecular weight is 413 g/mol. The smallest absolute Gasteiger partial charge is 0.277 e. The first-order valence-corrected chi connectivity index (χ1v) is 10.5. The van der Waals surface area contributed by atoms with Gasteiger partial charge in [0.2, 0.25) is 10.0 Å². The van der Waals surface area contributed by atoms with Crippen molar-refractivity contribution >= 4 is 21.6 Å². The Kier molecular flexibility index (Phi) is 5.43. The summed E-state index contributed by atoms with van der Waals surface area (Å²) in [5.41, 5.74) is 1.41. The second-order valence-corrected chi connectivity index (χ2v) is 8.38. The molecule has 150 valence electrons. The Morgan fingerprint density at radius 3 is 2.38 bits per heavy atom. The van der Waals surface area contributed by atoms with E-state index in [-0.39, 0.29) is 10.6 Å². The number of nitrogens with zero attached hydrogens (tertiary/aromatic N) is 2. The maximum absolute atomic E-state index is 12.6. The van der Waals surface area contributed by atoms with E-state index < -0.39 is 15.9 Å². The Morgan fingerprint density at radius 2 is 1.69 bits per heavy atom. The monoisotopic (exact) mass is 413 g/mol. The van der Waals surface area contributed by atoms with E-state index in [1.165, 1.54) is 16.4 Å². The lowest BCUT2D eigenvalue weighted by atomic mass is 10.1. The predicted octanol–water partition coefficient (Wildman–Crippen LogP) is 2.61. The van der Waals surface area contributed by atoms with Crippen molar-refractivity contribution in [2.24, 2.45) is 0 Å². The normalized spacial score (nSPS) is 15.2. The minimum atomic E-state index is -3.57. The lowest BCUT2D eigenvalue weighted by molar-refractivity contribution is 0.0730. The molecular weight excluding hydrogens is 394 g/mol. The van der Waals surface area contributed by atoms with E-state index in [1.54, 1.807) is 18.2 Å². The number of hydrogen-bond donors (Lipinski definition) is 1. The summed E-state index contributed by atoms with van der Waals surface area (Å²) in [7, 11) is -3.57. The zero-order chi connectivity index (χ0) is 20.3. The third kappa shape index (κ3) is 4.21. The Balaban J connectivity index is 1.45. The molecule has 2 heterocycles. The van der Waals surface area contributed by atoms with E-state index >= 15 is 0 Å². The van der Waals surface area contributed by atoms with Crippen molar-refractivity contribution < 1.29 is 22.5 Å². The fourth-order valence-corrected chi connectivity index (χ4v) is 4.37. The van der Waals surface area contributed by atoms with Crippen LogP contribution in [0.3, 0.4) is 0 Å². The number of amides is 1. The molecule has 1 N–H and O–H groups in total. The molecule has 1 aliphatic heterocycles. The van der Waals surface area contributed by atoms with Crippen molar-refractivity contribution in [3.63, 3.8) is 0 Å². The summed E-state index contributed by atoms with van der Waals surface area (Å²) in [5.74, 6) is 0.0439. The first-order chi connectivity index (χ1) is 14.0. The zero-order valence-electron chi connectivity index (χ0n) is 15.4. The van der Waals surface area contributed by atoms with Crippen LogP contribution in [0.1, 0.15) is 10.5 Å². The van der Waals surface area contributed by atoms with Gasteiger partial charge in [0, 0.05) is 30.4 Å². The van der Waals surface area contributed by atoms with Crippen molar-refractivity contribution in [3.8, 4) is 11.3 Å². The number of morpholine rings is 1. The summed E-state index contributed by atoms with van der Waals surface area (Å²) in [6, 6.07) is 16.9. The molecule has 0 saturated carbocycles. The van der Waals surface area contributed by atoms with Crippen LogP contribution in [-0.4, -0.2) is 50.1 Å². The van der Waals surface area contributed by atoms with Gasteiger partial charge in [0.05, 0.1) is 18.1 Å². The molecule has 3 aromatic rings. The zero-order valence-corrected chi connectivity index (χ0v) is 16.3. The first kappa shape index (κ1) is 19.3. The Morgan fingerprint density at radius 1 is 1.00 bits per heavy atom. The van der Waals surface area contributed by atoms with Gasteiger partial charge in [-0.3, -0.25) is 4.79 Å². The third-order valence-corrected chi connectivity index (χ3v) is 6.43. The number of carbonyl (C=O) groups is 1. The van der Waals surface area contributed by atoms with Crippen LogP contribution in [0.5, 0.6) is 0 Å². The molecule has 1 aliphatic rings. The molecule has 1 amide bonds. The molecule has 0 bridgehead atoms. The largest absolute Gasteiger partial charge is 0.379 e. The summed E-state index contributed by atoms with van der Waals surface area (Å²) in [5, 5.41) is 6.50. The molecule has 8 nitrogen and oxygen atoms in total. The summed E-state index contributed by atoms with van der Waals surface area (Å²) in [6.07, 6.45) is 0. The SMILES string of the molecule is O=C(Nc1ccc(S(=O)(=O)N2CCOCC2)cc1)c1cc(-c2ccccc2)on1. The fraction of sp³-hybridized carbons (Fsp3) is 0.200. The van der Waals surface area contributed by atoms with Crippen LogP contribution >= 0.6 is 0 Å². The number of anilines is 1. The topological polar surface area (TPSA) is 102 Å². The standard InChI is InChI=1S/C20H19N3O5S/c24-20(18-14-19(28-22-18)15-4-2-1-3-5-15)21-16-6-8-17(9-7-16)29(25,26)23-10-12-27-13-11-23/h1-9,14H,10-13H2,(H,21,24). The highest BCUT2D eigenvalue weighted by atomic mass is 32.2. The summed E-state index contributed by atoms with van der Waals surface area (Å²) in [6.45, 7) is 1.43. The number of ether oxygens (including phenoxy) is 1. The Labute approximate surface area is 168 Å². The fourth-order valence-electron chi connectivity index (χ4n) is 2.96. The minimum absolute atomic E-state index is 0.133. The highest BCUT2D eigenvalue weighted by Gasteiger charge is 2.26. The minimum Gasteiger partial charge on any atom is -0.379 e. The molecular formula is C20H19N3O5S. The van der Waals surface area contributed by atoms with Gasteiger partial charge in [-0.2, -0.15) is 4.31 Å². The second-order valence-electron chi connectivity index (χ2n) is 6.44. The van der Waals surface area contributed by atoms with Gasteiger partial charge >= 0.3 is 0 Å². The highest BCUT2D eigenvalue weighted by molar-refractivity contribution is 7.89. The Bertz CT molecular complexity index is 1090. The molecule has 0 unspecified atom stereocenters. The first-order valence-electron chi connectivity index (χ1n) is 9.05. The van der Waals surface area contributed by atoms with Crippen molar-refractivity contribution in [1.82, 2.24) is 9.46 Å². The number of aromatic nitrogens is 1. The van der Waals surface area contributed by atoms with Gasteiger partial charge in [0.15, 0.2) is 11.5 Å². The number of carbonyl (C=O) groups excluding carboxylic acids is 1. The van der Waals surface area contributed by atoms with Crippen LogP contribution in [0.4, 0.5) is 5.69 Å². The number of hydrogen-bond acceptors (Lipinski definition) is 6. The van der Waals surface area contributed by atoms with Crippen molar-refractivity contribution in [2.45, 2.75) is 4.90 Å². The Hall–Kier alpha value is -3.01. The number of benzene rings is 2. The van der Waals surface area contributed by atoms with Gasteiger partial charge in [0.25, 0.3) is 5.91 Å². The van der Waals surface area contributed by atoms with Crippen molar-refractivity contribution in [2.75, 3.05) is 31.6 Å². The van der Waals surface area contributed by atoms with E-state index in [0.717, 1.165) is 5.56 Å². The quantitative estimate of drug-likeness (QED) is 0.690. The van der Waals surface area contributed by atoms with E-state index in [2.05, 4.69) is 10.5 Å². The maximum atomic E-state index is 12.6. The molecule has 1 aromatic heterocycles. The van der Waals surface area contributed by atoms with Crippen LogP contribution in [0.25, 0.3) is 11.3 Å². The molecule has 1 saturated heterocycles. The molecule has 0 radical (unpaired) electrons. The molecule has 1 fully saturated rings. The summed E-state index contributed by atoms with van der Waals surface area (Å²) >= 11 is 0. The summed E-state index contributed by atoms with van der Waals surface area (Å²) < 4.78 is 37.1. The highest BCUT2D eigenvalue weighted by Crippen LogP contribution is 2.22. The van der Waals surface area contributed by atoms with Gasteiger partial charge < -0.3 is 14.6 Å². The third-order valence-electron chi connectivity index (χ3n) is 4.52. The number of rotatable bonds is 5. The van der Waals surface area contributed by atoms with Gasteiger partial charge in [0.1, 0.15) is 0 Å². The predicted molar refractivity (Wildman–Crippen MR) is 106 cm³/mol. The molecule has 0 spiro atoms. The number of sulfonamides is 1. The van der Waals surface area contributed by atoms with Gasteiger partial charge in [-0.1, -0.05) is 35.5 Å². The van der Waals surface area contributed by atoms with Crippen molar-refractivity contribution in [3.05, 3.63) is 66.4 Å². The van der Waals surface area contributed by atoms with Gasteiger partial charge in [-0.05, 0) is 24.3 Å². The summed E-state index contributed by atoms with van der Waals surface area (Å²) in [4.78, 5) is 12.6. The van der Waals surface area contributed by atoms with Crippen LogP contribution in [0, 0.1) is 0 Å². The van der Waals surface area contributed by atoms with E-state index in [4.69, 9.17) is 9.26 Å². The lowest BCUT2D eigenvalue weighted by Gasteiger charge is -2.26. The molecule has 0 aliphatic carbocycles. The maximum Gasteiger partial charge on any atom is 0.277 e. The molecule has 2 aromatic carbocycles. The van der Waals surface area contributed by atoms with Crippen LogP contribution in [0.2, 0.25) is 0 Å². The molecule has 9 heteroatoms. The van der Waals surface area contributed by atoms with E-state index in [1.807, 2.05) is 30.3 Å². The molecule has 4 rings (SSSR count). The molecule has 0 atom stereocenters. The second kappa shape index (κ2) is 8.16. The number of nitrogens with one attached hydrogen (secondary N) is 1. The van der Waals surface area contributed by atoms with Crippen LogP contribution in [-0.2, 0) is 14.8 Å². The van der Waals surface area contributed by atoms with Gasteiger partial charge in [-0.25, -0.2) is 8.42 Å². The van der Waals surface area contributed by atoms with E-state index in [9.17, 15) is 13.2 Å². The van der Waals surface area contributed by atoms with E-state index in [0.29, 0.717) is 37.8 Å². The van der Waals surface area contributed by atoms with Crippen LogP contribution in [0.15, 0.2) is 70.1 Å².